The van der Waals surface area contributed by atoms with Crippen molar-refractivity contribution in [1.82, 2.24) is 9.88 Å². The first-order valence-electron chi connectivity index (χ1n) is 5.66. The molecule has 1 saturated heterocycles. The normalized spacial score (nSPS) is 21.9. The lowest BCUT2D eigenvalue weighted by Crippen LogP contribution is -2.39. The fourth-order valence-electron chi connectivity index (χ4n) is 2.18. The second-order valence-electron chi connectivity index (χ2n) is 4.34. The lowest BCUT2D eigenvalue weighted by molar-refractivity contribution is 0.197. The summed E-state index contributed by atoms with van der Waals surface area (Å²) in [5.74, 6) is 0.389. The zero-order chi connectivity index (χ0) is 11.4. The average Bonchev–Trinajstić information content (AvgIpc) is 2.30. The second kappa shape index (κ2) is 5.37. The molecule has 0 aromatic carbocycles. The van der Waals surface area contributed by atoms with Gasteiger partial charge in [0.1, 0.15) is 0 Å². The van der Waals surface area contributed by atoms with E-state index in [0.29, 0.717) is 10.9 Å². The van der Waals surface area contributed by atoms with Crippen LogP contribution < -0.4 is 5.73 Å². The zero-order valence-electron chi connectivity index (χ0n) is 9.30. The molecule has 1 aromatic rings. The highest BCUT2D eigenvalue weighted by atomic mass is 32.1. The number of nitrogens with zero attached hydrogens (tertiary/aromatic N) is 2. The van der Waals surface area contributed by atoms with Crippen LogP contribution in [0.3, 0.4) is 0 Å². The van der Waals surface area contributed by atoms with E-state index < -0.39 is 0 Å². The Morgan fingerprint density at radius 2 is 2.50 bits per heavy atom. The van der Waals surface area contributed by atoms with Crippen molar-refractivity contribution < 1.29 is 0 Å². The highest BCUT2D eigenvalue weighted by molar-refractivity contribution is 7.80. The van der Waals surface area contributed by atoms with Gasteiger partial charge in [0.05, 0.1) is 4.99 Å². The van der Waals surface area contributed by atoms with Gasteiger partial charge in [0, 0.05) is 31.4 Å². The second-order valence-corrected chi connectivity index (χ2v) is 4.81. The van der Waals surface area contributed by atoms with Crippen molar-refractivity contribution in [3.63, 3.8) is 0 Å². The van der Waals surface area contributed by atoms with Crippen molar-refractivity contribution in [3.05, 3.63) is 30.1 Å². The Balaban J connectivity index is 1.93. The SMILES string of the molecule is NC(=S)C1CCCN(Cc2cccnc2)C1. The molecule has 0 aliphatic carbocycles. The lowest BCUT2D eigenvalue weighted by atomic mass is 9.98. The number of rotatable bonds is 3. The van der Waals surface area contributed by atoms with Gasteiger partial charge in [0.2, 0.25) is 0 Å². The van der Waals surface area contributed by atoms with Gasteiger partial charge in [0.25, 0.3) is 0 Å². The van der Waals surface area contributed by atoms with Crippen LogP contribution in [0, 0.1) is 5.92 Å². The van der Waals surface area contributed by atoms with Crippen LogP contribution in [0.15, 0.2) is 24.5 Å². The summed E-state index contributed by atoms with van der Waals surface area (Å²) in [7, 11) is 0. The molecule has 1 unspecified atom stereocenters. The molecule has 1 aromatic heterocycles. The van der Waals surface area contributed by atoms with E-state index in [2.05, 4.69) is 16.0 Å². The van der Waals surface area contributed by atoms with Crippen molar-refractivity contribution in [1.29, 1.82) is 0 Å². The topological polar surface area (TPSA) is 42.1 Å². The number of pyridine rings is 1. The van der Waals surface area contributed by atoms with E-state index in [1.165, 1.54) is 12.0 Å². The minimum atomic E-state index is 0.389. The summed E-state index contributed by atoms with van der Waals surface area (Å²) in [4.78, 5) is 7.20. The van der Waals surface area contributed by atoms with Crippen LogP contribution >= 0.6 is 12.2 Å². The Morgan fingerprint density at radius 3 is 3.19 bits per heavy atom. The fourth-order valence-corrected chi connectivity index (χ4v) is 2.37. The average molecular weight is 235 g/mol. The van der Waals surface area contributed by atoms with Crippen molar-refractivity contribution in [2.24, 2.45) is 11.7 Å². The van der Waals surface area contributed by atoms with Gasteiger partial charge < -0.3 is 5.73 Å². The molecule has 2 rings (SSSR count). The molecule has 16 heavy (non-hydrogen) atoms. The predicted octanol–water partition coefficient (Wildman–Crippen LogP) is 1.58. The van der Waals surface area contributed by atoms with Crippen molar-refractivity contribution in [2.45, 2.75) is 19.4 Å². The molecule has 1 atom stereocenters. The number of piperidine rings is 1. The maximum absolute atomic E-state index is 5.72. The van der Waals surface area contributed by atoms with E-state index in [-0.39, 0.29) is 0 Å². The highest BCUT2D eigenvalue weighted by Gasteiger charge is 2.21. The molecule has 4 heteroatoms. The van der Waals surface area contributed by atoms with Crippen LogP contribution in [0.2, 0.25) is 0 Å². The van der Waals surface area contributed by atoms with E-state index in [4.69, 9.17) is 18.0 Å². The van der Waals surface area contributed by atoms with Gasteiger partial charge in [-0.2, -0.15) is 0 Å². The fraction of sp³-hybridized carbons (Fsp3) is 0.500. The van der Waals surface area contributed by atoms with Crippen molar-refractivity contribution >= 4 is 17.2 Å². The molecular weight excluding hydrogens is 218 g/mol. The molecule has 2 N–H and O–H groups in total. The number of hydrogen-bond donors (Lipinski definition) is 1. The molecule has 0 spiro atoms. The van der Waals surface area contributed by atoms with Gasteiger partial charge in [-0.25, -0.2) is 0 Å². The minimum absolute atomic E-state index is 0.389. The summed E-state index contributed by atoms with van der Waals surface area (Å²) >= 11 is 5.07. The van der Waals surface area contributed by atoms with Crippen LogP contribution in [-0.2, 0) is 6.54 Å². The van der Waals surface area contributed by atoms with Gasteiger partial charge in [-0.15, -0.1) is 0 Å². The maximum atomic E-state index is 5.72. The molecule has 0 radical (unpaired) electrons. The van der Waals surface area contributed by atoms with Gasteiger partial charge in [-0.3, -0.25) is 9.88 Å². The summed E-state index contributed by atoms with van der Waals surface area (Å²) < 4.78 is 0. The highest BCUT2D eigenvalue weighted by Crippen LogP contribution is 2.18. The first-order chi connectivity index (χ1) is 7.75. The first kappa shape index (κ1) is 11.5. The number of likely N-dealkylation sites (tertiary alicyclic amines) is 1. The van der Waals surface area contributed by atoms with Crippen LogP contribution in [0.25, 0.3) is 0 Å². The smallest absolute Gasteiger partial charge is 0.0771 e. The predicted molar refractivity (Wildman–Crippen MR) is 69.0 cm³/mol. The molecule has 0 amide bonds. The minimum Gasteiger partial charge on any atom is -0.393 e. The van der Waals surface area contributed by atoms with Crippen LogP contribution in [0.4, 0.5) is 0 Å². The Morgan fingerprint density at radius 1 is 1.62 bits per heavy atom. The van der Waals surface area contributed by atoms with E-state index in [1.54, 1.807) is 6.20 Å². The van der Waals surface area contributed by atoms with E-state index in [0.717, 1.165) is 26.1 Å². The van der Waals surface area contributed by atoms with Gasteiger partial charge in [0.15, 0.2) is 0 Å². The molecule has 2 heterocycles. The molecule has 86 valence electrons. The largest absolute Gasteiger partial charge is 0.393 e. The van der Waals surface area contributed by atoms with Crippen LogP contribution in [-0.4, -0.2) is 28.0 Å². The van der Waals surface area contributed by atoms with E-state index >= 15 is 0 Å². The zero-order valence-corrected chi connectivity index (χ0v) is 10.1. The lowest BCUT2D eigenvalue weighted by Gasteiger charge is -2.32. The van der Waals surface area contributed by atoms with E-state index in [1.807, 2.05) is 12.3 Å². The van der Waals surface area contributed by atoms with Gasteiger partial charge in [-0.1, -0.05) is 18.3 Å². The number of thiocarbonyl (C=S) groups is 1. The summed E-state index contributed by atoms with van der Waals surface area (Å²) in [5, 5.41) is 0. The molecule has 3 nitrogen and oxygen atoms in total. The first-order valence-corrected chi connectivity index (χ1v) is 6.07. The number of aromatic nitrogens is 1. The summed E-state index contributed by atoms with van der Waals surface area (Å²) in [6, 6.07) is 4.09. The monoisotopic (exact) mass is 235 g/mol. The molecule has 1 aliphatic rings. The van der Waals surface area contributed by atoms with E-state index in [9.17, 15) is 0 Å². The molecule has 0 saturated carbocycles. The third-order valence-corrected chi connectivity index (χ3v) is 3.37. The third kappa shape index (κ3) is 3.00. The Kier molecular flexibility index (Phi) is 3.85. The number of nitrogens with two attached hydrogens (primary N) is 1. The molecular formula is C12H17N3S. The standard InChI is InChI=1S/C12H17N3S/c13-12(16)11-4-2-6-15(9-11)8-10-3-1-5-14-7-10/h1,3,5,7,11H,2,4,6,8-9H2,(H2,13,16). The molecule has 1 aliphatic heterocycles. The van der Waals surface area contributed by atoms with Gasteiger partial charge in [-0.05, 0) is 31.0 Å². The van der Waals surface area contributed by atoms with Crippen LogP contribution in [0.5, 0.6) is 0 Å². The summed E-state index contributed by atoms with van der Waals surface area (Å²) in [5.41, 5.74) is 6.97. The molecule has 1 fully saturated rings. The van der Waals surface area contributed by atoms with Crippen molar-refractivity contribution in [2.75, 3.05) is 13.1 Å². The summed E-state index contributed by atoms with van der Waals surface area (Å²) in [6.45, 7) is 3.07. The third-order valence-electron chi connectivity index (χ3n) is 3.04. The Labute approximate surface area is 102 Å². The van der Waals surface area contributed by atoms with Gasteiger partial charge >= 0.3 is 0 Å². The van der Waals surface area contributed by atoms with Crippen LogP contribution in [0.1, 0.15) is 18.4 Å². The Bertz CT molecular complexity index is 353. The number of hydrogen-bond acceptors (Lipinski definition) is 3. The Hall–Kier alpha value is -1.00. The maximum Gasteiger partial charge on any atom is 0.0771 e. The molecule has 0 bridgehead atoms. The quantitative estimate of drug-likeness (QED) is 0.808. The van der Waals surface area contributed by atoms with Crippen molar-refractivity contribution in [3.8, 4) is 0 Å². The summed E-state index contributed by atoms with van der Waals surface area (Å²) in [6.07, 6.45) is 6.04.